The summed E-state index contributed by atoms with van der Waals surface area (Å²) in [7, 11) is 5.27. The third-order valence-corrected chi connectivity index (χ3v) is 5.08. The molecule has 0 aliphatic carbocycles. The Morgan fingerprint density at radius 2 is 1.76 bits per heavy atom. The Bertz CT molecular complexity index is 792. The summed E-state index contributed by atoms with van der Waals surface area (Å²) in [5, 5.41) is 3.49. The first kappa shape index (κ1) is 23.1. The summed E-state index contributed by atoms with van der Waals surface area (Å²) in [5.74, 6) is 2.79. The number of aliphatic imine (C=N–C) groups is 1. The Labute approximate surface area is 190 Å². The number of nitrogens with zero attached hydrogens (tertiary/aromatic N) is 3. The van der Waals surface area contributed by atoms with Gasteiger partial charge in [-0.15, -0.1) is 24.0 Å². The predicted molar refractivity (Wildman–Crippen MR) is 130 cm³/mol. The number of anilines is 1. The minimum Gasteiger partial charge on any atom is -0.497 e. The normalized spacial score (nSPS) is 14.2. The maximum Gasteiger partial charge on any atom is 0.193 e. The second-order valence-electron chi connectivity index (χ2n) is 6.71. The van der Waals surface area contributed by atoms with E-state index in [1.807, 2.05) is 37.4 Å². The largest absolute Gasteiger partial charge is 0.497 e. The van der Waals surface area contributed by atoms with Gasteiger partial charge in [0, 0.05) is 51.5 Å². The van der Waals surface area contributed by atoms with E-state index in [0.29, 0.717) is 0 Å². The van der Waals surface area contributed by atoms with E-state index in [4.69, 9.17) is 9.47 Å². The van der Waals surface area contributed by atoms with Crippen LogP contribution >= 0.6 is 24.0 Å². The molecule has 0 saturated carbocycles. The third-order valence-electron chi connectivity index (χ3n) is 5.08. The fraction of sp³-hybridized carbons (Fsp3) is 0.409. The van der Waals surface area contributed by atoms with Crippen LogP contribution in [0.1, 0.15) is 5.56 Å². The van der Waals surface area contributed by atoms with Crippen LogP contribution in [0.2, 0.25) is 0 Å². The van der Waals surface area contributed by atoms with Crippen molar-refractivity contribution in [2.45, 2.75) is 6.42 Å². The SMILES string of the molecule is CN=C(NCCc1ccccc1OC)N1CCN(c2cccc(OC)c2)CC1.I. The van der Waals surface area contributed by atoms with Crippen molar-refractivity contribution in [3.8, 4) is 11.5 Å². The molecule has 0 atom stereocenters. The Morgan fingerprint density at radius 3 is 2.45 bits per heavy atom. The molecule has 0 aromatic heterocycles. The lowest BCUT2D eigenvalue weighted by molar-refractivity contribution is 0.372. The van der Waals surface area contributed by atoms with Gasteiger partial charge in [-0.1, -0.05) is 24.3 Å². The van der Waals surface area contributed by atoms with E-state index >= 15 is 0 Å². The molecule has 0 unspecified atom stereocenters. The molecule has 158 valence electrons. The van der Waals surface area contributed by atoms with Gasteiger partial charge in [0.1, 0.15) is 11.5 Å². The summed E-state index contributed by atoms with van der Waals surface area (Å²) in [6.45, 7) is 4.61. The van der Waals surface area contributed by atoms with Gasteiger partial charge < -0.3 is 24.6 Å². The van der Waals surface area contributed by atoms with Crippen molar-refractivity contribution >= 4 is 35.6 Å². The van der Waals surface area contributed by atoms with Crippen LogP contribution in [-0.2, 0) is 6.42 Å². The molecular formula is C22H31IN4O2. The molecule has 1 heterocycles. The number of benzene rings is 2. The van der Waals surface area contributed by atoms with Gasteiger partial charge >= 0.3 is 0 Å². The molecule has 6 nitrogen and oxygen atoms in total. The van der Waals surface area contributed by atoms with Gasteiger partial charge in [0.2, 0.25) is 0 Å². The average Bonchev–Trinajstić information content (AvgIpc) is 2.77. The number of halogens is 1. The highest BCUT2D eigenvalue weighted by Crippen LogP contribution is 2.22. The van der Waals surface area contributed by atoms with Crippen LogP contribution in [0.15, 0.2) is 53.5 Å². The van der Waals surface area contributed by atoms with Crippen molar-refractivity contribution in [3.05, 3.63) is 54.1 Å². The second kappa shape index (κ2) is 11.7. The second-order valence-corrected chi connectivity index (χ2v) is 6.71. The number of hydrogen-bond donors (Lipinski definition) is 1. The molecule has 2 aromatic rings. The first-order chi connectivity index (χ1) is 13.7. The van der Waals surface area contributed by atoms with Crippen molar-refractivity contribution in [1.82, 2.24) is 10.2 Å². The van der Waals surface area contributed by atoms with E-state index in [0.717, 1.165) is 56.6 Å². The van der Waals surface area contributed by atoms with E-state index in [1.54, 1.807) is 14.2 Å². The fourth-order valence-electron chi connectivity index (χ4n) is 3.53. The lowest BCUT2D eigenvalue weighted by atomic mass is 10.1. The van der Waals surface area contributed by atoms with Crippen LogP contribution in [0.4, 0.5) is 5.69 Å². The van der Waals surface area contributed by atoms with E-state index in [-0.39, 0.29) is 24.0 Å². The third kappa shape index (κ3) is 6.16. The van der Waals surface area contributed by atoms with E-state index in [9.17, 15) is 0 Å². The van der Waals surface area contributed by atoms with Gasteiger partial charge in [-0.3, -0.25) is 4.99 Å². The van der Waals surface area contributed by atoms with Gasteiger partial charge in [-0.2, -0.15) is 0 Å². The molecule has 1 fully saturated rings. The maximum atomic E-state index is 5.43. The Balaban J connectivity index is 0.00000300. The van der Waals surface area contributed by atoms with Gasteiger partial charge in [-0.25, -0.2) is 0 Å². The Hall–Kier alpha value is -2.16. The maximum absolute atomic E-state index is 5.43. The number of hydrogen-bond acceptors (Lipinski definition) is 4. The zero-order valence-corrected chi connectivity index (χ0v) is 19.8. The summed E-state index contributed by atoms with van der Waals surface area (Å²) >= 11 is 0. The molecule has 0 amide bonds. The molecule has 3 rings (SSSR count). The van der Waals surface area contributed by atoms with Crippen molar-refractivity contribution < 1.29 is 9.47 Å². The van der Waals surface area contributed by atoms with Crippen molar-refractivity contribution in [3.63, 3.8) is 0 Å². The summed E-state index contributed by atoms with van der Waals surface area (Å²) < 4.78 is 10.8. The van der Waals surface area contributed by atoms with Gasteiger partial charge in [-0.05, 0) is 30.2 Å². The number of guanidine groups is 1. The van der Waals surface area contributed by atoms with Crippen LogP contribution in [-0.4, -0.2) is 64.9 Å². The van der Waals surface area contributed by atoms with Gasteiger partial charge in [0.05, 0.1) is 14.2 Å². The monoisotopic (exact) mass is 510 g/mol. The zero-order chi connectivity index (χ0) is 19.8. The van der Waals surface area contributed by atoms with Crippen LogP contribution in [0, 0.1) is 0 Å². The smallest absolute Gasteiger partial charge is 0.193 e. The standard InChI is InChI=1S/C22H30N4O2.HI/c1-23-22(24-12-11-18-7-4-5-10-21(18)28-3)26-15-13-25(14-16-26)19-8-6-9-20(17-19)27-2;/h4-10,17H,11-16H2,1-3H3,(H,23,24);1H. The van der Waals surface area contributed by atoms with E-state index in [1.165, 1.54) is 11.3 Å². The van der Waals surface area contributed by atoms with Crippen molar-refractivity contribution in [2.24, 2.45) is 4.99 Å². The quantitative estimate of drug-likeness (QED) is 0.368. The van der Waals surface area contributed by atoms with Crippen LogP contribution in [0.3, 0.4) is 0 Å². The predicted octanol–water partition coefficient (Wildman–Crippen LogP) is 3.26. The molecule has 7 heteroatoms. The zero-order valence-electron chi connectivity index (χ0n) is 17.4. The molecule has 0 spiro atoms. The minimum absolute atomic E-state index is 0. The Kier molecular flexibility index (Phi) is 9.37. The Morgan fingerprint density at radius 1 is 1.00 bits per heavy atom. The summed E-state index contributed by atoms with van der Waals surface area (Å²) in [5.41, 5.74) is 2.41. The highest BCUT2D eigenvalue weighted by Gasteiger charge is 2.20. The number of para-hydroxylation sites is 1. The van der Waals surface area contributed by atoms with Gasteiger partial charge in [0.25, 0.3) is 0 Å². The fourth-order valence-corrected chi connectivity index (χ4v) is 3.53. The highest BCUT2D eigenvalue weighted by atomic mass is 127. The molecule has 0 bridgehead atoms. The minimum atomic E-state index is 0. The molecule has 1 saturated heterocycles. The van der Waals surface area contributed by atoms with E-state index in [2.05, 4.69) is 38.3 Å². The summed E-state index contributed by atoms with van der Waals surface area (Å²) in [4.78, 5) is 9.18. The van der Waals surface area contributed by atoms with Crippen LogP contribution in [0.5, 0.6) is 11.5 Å². The van der Waals surface area contributed by atoms with Crippen molar-refractivity contribution in [1.29, 1.82) is 0 Å². The molecule has 1 N–H and O–H groups in total. The lowest BCUT2D eigenvalue weighted by Gasteiger charge is -2.37. The van der Waals surface area contributed by atoms with E-state index < -0.39 is 0 Å². The number of rotatable bonds is 6. The van der Waals surface area contributed by atoms with Crippen molar-refractivity contribution in [2.75, 3.05) is 58.9 Å². The molecule has 2 aromatic carbocycles. The number of piperazine rings is 1. The van der Waals surface area contributed by atoms with Gasteiger partial charge in [0.15, 0.2) is 5.96 Å². The first-order valence-electron chi connectivity index (χ1n) is 9.71. The lowest BCUT2D eigenvalue weighted by Crippen LogP contribution is -2.52. The summed E-state index contributed by atoms with van der Waals surface area (Å²) in [6, 6.07) is 16.4. The highest BCUT2D eigenvalue weighted by molar-refractivity contribution is 14.0. The average molecular weight is 510 g/mol. The van der Waals surface area contributed by atoms with Crippen LogP contribution in [0.25, 0.3) is 0 Å². The molecule has 29 heavy (non-hydrogen) atoms. The number of nitrogens with one attached hydrogen (secondary N) is 1. The topological polar surface area (TPSA) is 49.3 Å². The molecule has 1 aliphatic rings. The summed E-state index contributed by atoms with van der Waals surface area (Å²) in [6.07, 6.45) is 0.896. The first-order valence-corrected chi connectivity index (χ1v) is 9.71. The molecule has 0 radical (unpaired) electrons. The number of ether oxygens (including phenoxy) is 2. The van der Waals surface area contributed by atoms with Crippen LogP contribution < -0.4 is 19.7 Å². The molecular weight excluding hydrogens is 479 g/mol. The molecule has 1 aliphatic heterocycles. The number of methoxy groups -OCH3 is 2.